The molecule has 0 heterocycles. The molecule has 1 rings (SSSR count). The Labute approximate surface area is 147 Å². The van der Waals surface area contributed by atoms with Crippen LogP contribution in [0.5, 0.6) is 0 Å². The van der Waals surface area contributed by atoms with E-state index in [9.17, 15) is 9.59 Å². The van der Waals surface area contributed by atoms with Crippen molar-refractivity contribution in [3.63, 3.8) is 0 Å². The second-order valence-corrected chi connectivity index (χ2v) is 7.89. The maximum Gasteiger partial charge on any atom is 0.320 e. The predicted octanol–water partition coefficient (Wildman–Crippen LogP) is 3.94. The van der Waals surface area contributed by atoms with Gasteiger partial charge in [0.2, 0.25) is 0 Å². The van der Waals surface area contributed by atoms with Gasteiger partial charge in [0.1, 0.15) is 15.3 Å². The van der Waals surface area contributed by atoms with Crippen LogP contribution in [0, 0.1) is 0 Å². The molecule has 122 valence electrons. The number of aliphatic carboxylic acids is 1. The van der Waals surface area contributed by atoms with Gasteiger partial charge in [-0.05, 0) is 38.7 Å². The molecule has 6 heteroatoms. The van der Waals surface area contributed by atoms with Crippen molar-refractivity contribution in [3.05, 3.63) is 35.9 Å². The van der Waals surface area contributed by atoms with E-state index in [2.05, 4.69) is 31.9 Å². The highest BCUT2D eigenvalue weighted by atomic mass is 79.9. The van der Waals surface area contributed by atoms with Crippen molar-refractivity contribution < 1.29 is 19.4 Å². The first-order chi connectivity index (χ1) is 10.2. The molecule has 0 bridgehead atoms. The van der Waals surface area contributed by atoms with E-state index in [0.29, 0.717) is 6.42 Å². The lowest BCUT2D eigenvalue weighted by atomic mass is 9.98. The van der Waals surface area contributed by atoms with Crippen LogP contribution in [0.1, 0.15) is 32.3 Å². The number of carboxylic acids is 1. The fourth-order valence-electron chi connectivity index (χ4n) is 1.86. The van der Waals surface area contributed by atoms with Crippen LogP contribution in [0.25, 0.3) is 0 Å². The largest absolute Gasteiger partial charge is 0.480 e. The van der Waals surface area contributed by atoms with E-state index in [-0.39, 0.29) is 6.42 Å². The highest BCUT2D eigenvalue weighted by molar-refractivity contribution is 9.10. The Morgan fingerprint density at radius 3 is 2.32 bits per heavy atom. The Morgan fingerprint density at radius 2 is 1.77 bits per heavy atom. The molecule has 0 aliphatic carbocycles. The lowest BCUT2D eigenvalue weighted by Gasteiger charge is -2.26. The van der Waals surface area contributed by atoms with Crippen LogP contribution in [-0.2, 0) is 20.7 Å². The number of aryl methyl sites for hydroxylation is 1. The topological polar surface area (TPSA) is 63.6 Å². The molecular weight excluding hydrogens is 416 g/mol. The summed E-state index contributed by atoms with van der Waals surface area (Å²) in [6.07, 6.45) is 1.63. The molecule has 2 unspecified atom stereocenters. The molecule has 0 spiro atoms. The van der Waals surface area contributed by atoms with Gasteiger partial charge in [-0.15, -0.1) is 0 Å². The van der Waals surface area contributed by atoms with E-state index in [4.69, 9.17) is 9.84 Å². The summed E-state index contributed by atoms with van der Waals surface area (Å²) in [5.74, 6) is -1.44. The number of rotatable bonds is 8. The van der Waals surface area contributed by atoms with Gasteiger partial charge in [-0.1, -0.05) is 62.2 Å². The number of benzene rings is 1. The van der Waals surface area contributed by atoms with Gasteiger partial charge < -0.3 is 9.84 Å². The van der Waals surface area contributed by atoms with Crippen molar-refractivity contribution in [3.8, 4) is 0 Å². The maximum absolute atomic E-state index is 12.0. The fourth-order valence-corrected chi connectivity index (χ4v) is 3.20. The summed E-state index contributed by atoms with van der Waals surface area (Å²) in [7, 11) is 0. The summed E-state index contributed by atoms with van der Waals surface area (Å²) in [5.41, 5.74) is 0.581. The second-order valence-electron chi connectivity index (χ2n) is 5.68. The fraction of sp³-hybridized carbons (Fsp3) is 0.500. The quantitative estimate of drug-likeness (QED) is 0.496. The number of esters is 1. The average molecular weight is 436 g/mol. The van der Waals surface area contributed by atoms with Crippen molar-refractivity contribution in [1.29, 1.82) is 0 Å². The van der Waals surface area contributed by atoms with E-state index in [1.54, 1.807) is 0 Å². The number of carboxylic acid groups (broad SMARTS) is 1. The smallest absolute Gasteiger partial charge is 0.320 e. The third-order valence-corrected chi connectivity index (χ3v) is 4.69. The number of alkyl halides is 2. The first kappa shape index (κ1) is 19.2. The van der Waals surface area contributed by atoms with Crippen LogP contribution >= 0.6 is 31.9 Å². The van der Waals surface area contributed by atoms with E-state index in [1.165, 1.54) is 5.56 Å². The number of carbonyl (C=O) groups excluding carboxylic acids is 1. The van der Waals surface area contributed by atoms with Gasteiger partial charge in [0.15, 0.2) is 0 Å². The van der Waals surface area contributed by atoms with Gasteiger partial charge in [0.05, 0.1) is 0 Å². The lowest BCUT2D eigenvalue weighted by molar-refractivity contribution is -0.156. The van der Waals surface area contributed by atoms with Crippen LogP contribution in [0.3, 0.4) is 0 Å². The summed E-state index contributed by atoms with van der Waals surface area (Å²) in [5, 5.41) is 8.84. The Bertz CT molecular complexity index is 502. The third-order valence-electron chi connectivity index (χ3n) is 3.17. The standard InChI is InChI=1S/C16H20Br2O4/c1-16(2,9-8-11-6-4-3-5-7-11)22-15(21)13(18)10-12(17)14(19)20/h3-7,12-13H,8-10H2,1-2H3,(H,19,20). The molecule has 0 fully saturated rings. The van der Waals surface area contributed by atoms with Crippen LogP contribution in [0.4, 0.5) is 0 Å². The number of hydrogen-bond acceptors (Lipinski definition) is 3. The zero-order valence-corrected chi connectivity index (χ0v) is 15.8. The van der Waals surface area contributed by atoms with Gasteiger partial charge in [0, 0.05) is 0 Å². The molecule has 4 nitrogen and oxygen atoms in total. The number of carbonyl (C=O) groups is 2. The van der Waals surface area contributed by atoms with Crippen LogP contribution in [0.2, 0.25) is 0 Å². The minimum atomic E-state index is -0.999. The van der Waals surface area contributed by atoms with Crippen molar-refractivity contribution >= 4 is 43.8 Å². The molecule has 1 aromatic carbocycles. The molecule has 0 saturated heterocycles. The van der Waals surface area contributed by atoms with Crippen molar-refractivity contribution in [2.75, 3.05) is 0 Å². The molecule has 0 aliphatic rings. The van der Waals surface area contributed by atoms with Gasteiger partial charge in [-0.3, -0.25) is 9.59 Å². The van der Waals surface area contributed by atoms with Crippen molar-refractivity contribution in [1.82, 2.24) is 0 Å². The third kappa shape index (κ3) is 6.92. The van der Waals surface area contributed by atoms with Gasteiger partial charge >= 0.3 is 11.9 Å². The van der Waals surface area contributed by atoms with E-state index < -0.39 is 27.2 Å². The summed E-state index contributed by atoms with van der Waals surface area (Å²) in [6.45, 7) is 3.72. The predicted molar refractivity (Wildman–Crippen MR) is 92.6 cm³/mol. The Hall–Kier alpha value is -0.880. The van der Waals surface area contributed by atoms with E-state index in [0.717, 1.165) is 6.42 Å². The molecule has 0 amide bonds. The Kier molecular flexibility index (Phi) is 7.56. The minimum absolute atomic E-state index is 0.128. The molecule has 0 aliphatic heterocycles. The molecule has 0 saturated carbocycles. The van der Waals surface area contributed by atoms with Crippen LogP contribution in [-0.4, -0.2) is 32.3 Å². The highest BCUT2D eigenvalue weighted by Crippen LogP contribution is 2.23. The molecule has 0 aromatic heterocycles. The van der Waals surface area contributed by atoms with Gasteiger partial charge in [-0.2, -0.15) is 0 Å². The van der Waals surface area contributed by atoms with Crippen molar-refractivity contribution in [2.24, 2.45) is 0 Å². The summed E-state index contributed by atoms with van der Waals surface area (Å²) >= 11 is 6.21. The SMILES string of the molecule is CC(C)(CCc1ccccc1)OC(=O)C(Br)CC(Br)C(=O)O. The summed E-state index contributed by atoms with van der Waals surface area (Å²) in [4.78, 5) is 21.4. The second kappa shape index (κ2) is 8.67. The first-order valence-electron chi connectivity index (χ1n) is 6.99. The van der Waals surface area contributed by atoms with Gasteiger partial charge in [-0.25, -0.2) is 0 Å². The Balaban J connectivity index is 2.48. The number of hydrogen-bond donors (Lipinski definition) is 1. The van der Waals surface area contributed by atoms with Crippen LogP contribution < -0.4 is 0 Å². The van der Waals surface area contributed by atoms with E-state index >= 15 is 0 Å². The summed E-state index contributed by atoms with van der Waals surface area (Å²) < 4.78 is 5.50. The van der Waals surface area contributed by atoms with E-state index in [1.807, 2.05) is 44.2 Å². The molecule has 0 radical (unpaired) electrons. The lowest BCUT2D eigenvalue weighted by Crippen LogP contribution is -2.34. The average Bonchev–Trinajstić information content (AvgIpc) is 2.45. The molecular formula is C16H20Br2O4. The molecule has 1 N–H and O–H groups in total. The normalized spacial score (nSPS) is 14.2. The number of halogens is 2. The Morgan fingerprint density at radius 1 is 1.18 bits per heavy atom. The summed E-state index contributed by atoms with van der Waals surface area (Å²) in [6, 6.07) is 9.99. The van der Waals surface area contributed by atoms with Gasteiger partial charge in [0.25, 0.3) is 0 Å². The zero-order valence-electron chi connectivity index (χ0n) is 12.6. The highest BCUT2D eigenvalue weighted by Gasteiger charge is 2.29. The van der Waals surface area contributed by atoms with Crippen LogP contribution in [0.15, 0.2) is 30.3 Å². The first-order valence-corrected chi connectivity index (χ1v) is 8.82. The zero-order chi connectivity index (χ0) is 16.8. The monoisotopic (exact) mass is 434 g/mol. The molecule has 22 heavy (non-hydrogen) atoms. The van der Waals surface area contributed by atoms with Crippen molar-refractivity contribution in [2.45, 2.75) is 48.4 Å². The molecule has 1 aromatic rings. The number of ether oxygens (including phenoxy) is 1. The maximum atomic E-state index is 12.0. The minimum Gasteiger partial charge on any atom is -0.480 e. The molecule has 2 atom stereocenters.